The molecule has 0 aliphatic carbocycles. The summed E-state index contributed by atoms with van der Waals surface area (Å²) in [7, 11) is 0. The van der Waals surface area contributed by atoms with E-state index in [-0.39, 0.29) is 17.1 Å². The van der Waals surface area contributed by atoms with Gasteiger partial charge in [-0.1, -0.05) is 12.1 Å². The zero-order valence-corrected chi connectivity index (χ0v) is 14.3. The fraction of sp³-hybridized carbons (Fsp3) is 0.105. The number of nitrogens with zero attached hydrogens (tertiary/aromatic N) is 2. The first-order valence-electron chi connectivity index (χ1n) is 7.93. The topological polar surface area (TPSA) is 111 Å². The van der Waals surface area contributed by atoms with Gasteiger partial charge < -0.3 is 10.2 Å². The molecular weight excluding hydrogens is 332 g/mol. The number of phenols is 2. The molecule has 0 aliphatic rings. The lowest BCUT2D eigenvalue weighted by Crippen LogP contribution is -2.08. The molecule has 0 atom stereocenters. The number of benzene rings is 2. The Morgan fingerprint density at radius 2 is 1.85 bits per heavy atom. The van der Waals surface area contributed by atoms with E-state index in [0.717, 1.165) is 16.8 Å². The highest BCUT2D eigenvalue weighted by atomic mass is 16.3. The van der Waals surface area contributed by atoms with Crippen LogP contribution >= 0.6 is 0 Å². The Balaban J connectivity index is 1.78. The summed E-state index contributed by atoms with van der Waals surface area (Å²) in [6.45, 7) is 3.59. The van der Waals surface area contributed by atoms with Crippen LogP contribution in [0.5, 0.6) is 11.5 Å². The maximum absolute atomic E-state index is 11.3. The molecule has 1 heterocycles. The van der Waals surface area contributed by atoms with E-state index in [4.69, 9.17) is 0 Å². The number of anilines is 1. The van der Waals surface area contributed by atoms with Crippen molar-refractivity contribution in [1.82, 2.24) is 10.2 Å². The number of hydrogen-bond donors (Lipinski definition) is 4. The second kappa shape index (κ2) is 7.10. The number of nitrogens with one attached hydrogen (secondary N) is 2. The Bertz CT molecular complexity index is 1020. The number of hydrogen-bond acceptors (Lipinski definition) is 6. The number of hydrazone groups is 1. The van der Waals surface area contributed by atoms with E-state index in [2.05, 4.69) is 20.7 Å². The quantitative estimate of drug-likeness (QED) is 0.427. The van der Waals surface area contributed by atoms with Crippen LogP contribution in [-0.2, 0) is 0 Å². The maximum Gasteiger partial charge on any atom is 0.264 e. The van der Waals surface area contributed by atoms with E-state index in [0.29, 0.717) is 17.0 Å². The third kappa shape index (κ3) is 3.72. The van der Waals surface area contributed by atoms with E-state index in [1.54, 1.807) is 13.0 Å². The standard InChI is InChI=1S/C19H18N4O3/c1-11-9-18(26)22-23-19(11)13-3-5-14(6-4-13)21-20-12(2)16-8-7-15(24)10-17(16)25/h3-10,21,24-25H,1-2H3,(H,22,26)/b20-12-. The van der Waals surface area contributed by atoms with Gasteiger partial charge in [0.1, 0.15) is 11.5 Å². The largest absolute Gasteiger partial charge is 0.508 e. The lowest BCUT2D eigenvalue weighted by Gasteiger charge is -2.07. The van der Waals surface area contributed by atoms with Crippen molar-refractivity contribution >= 4 is 11.4 Å². The summed E-state index contributed by atoms with van der Waals surface area (Å²) >= 11 is 0. The van der Waals surface area contributed by atoms with Crippen molar-refractivity contribution in [2.45, 2.75) is 13.8 Å². The highest BCUT2D eigenvalue weighted by Crippen LogP contribution is 2.24. The summed E-state index contributed by atoms with van der Waals surface area (Å²) in [5.74, 6) is -0.0447. The predicted molar refractivity (Wildman–Crippen MR) is 101 cm³/mol. The van der Waals surface area contributed by atoms with Gasteiger partial charge >= 0.3 is 0 Å². The molecule has 0 bridgehead atoms. The first-order chi connectivity index (χ1) is 12.4. The minimum Gasteiger partial charge on any atom is -0.508 e. The van der Waals surface area contributed by atoms with Gasteiger partial charge in [-0.15, -0.1) is 0 Å². The molecule has 4 N–H and O–H groups in total. The molecule has 7 heteroatoms. The summed E-state index contributed by atoms with van der Waals surface area (Å²) in [4.78, 5) is 11.3. The number of H-pyrrole nitrogens is 1. The Kier molecular flexibility index (Phi) is 4.70. The van der Waals surface area contributed by atoms with Gasteiger partial charge in [0.15, 0.2) is 0 Å². The van der Waals surface area contributed by atoms with Crippen molar-refractivity contribution < 1.29 is 10.2 Å². The number of aromatic amines is 1. The average molecular weight is 350 g/mol. The van der Waals surface area contributed by atoms with Crippen molar-refractivity contribution in [2.24, 2.45) is 5.10 Å². The molecule has 3 aromatic rings. The molecule has 0 aliphatic heterocycles. The second-order valence-electron chi connectivity index (χ2n) is 5.85. The highest BCUT2D eigenvalue weighted by Gasteiger charge is 2.07. The minimum absolute atomic E-state index is 0.00578. The van der Waals surface area contributed by atoms with Crippen LogP contribution in [0.3, 0.4) is 0 Å². The third-order valence-corrected chi connectivity index (χ3v) is 3.88. The van der Waals surface area contributed by atoms with Crippen molar-refractivity contribution in [2.75, 3.05) is 5.43 Å². The normalized spacial score (nSPS) is 11.4. The lowest BCUT2D eigenvalue weighted by atomic mass is 10.1. The molecule has 0 fully saturated rings. The van der Waals surface area contributed by atoms with E-state index in [1.807, 2.05) is 31.2 Å². The number of aryl methyl sites for hydroxylation is 1. The number of aromatic hydroxyl groups is 2. The summed E-state index contributed by atoms with van der Waals surface area (Å²) in [6, 6.07) is 13.3. The van der Waals surface area contributed by atoms with Crippen molar-refractivity contribution in [3.8, 4) is 22.8 Å². The Morgan fingerprint density at radius 1 is 1.12 bits per heavy atom. The van der Waals surface area contributed by atoms with Crippen LogP contribution in [0.2, 0.25) is 0 Å². The Hall–Kier alpha value is -3.61. The zero-order chi connectivity index (χ0) is 18.7. The molecule has 1 aromatic heterocycles. The molecule has 2 aromatic carbocycles. The highest BCUT2D eigenvalue weighted by molar-refractivity contribution is 6.01. The molecule has 0 saturated heterocycles. The van der Waals surface area contributed by atoms with Gasteiger partial charge in [-0.3, -0.25) is 10.2 Å². The molecule has 0 saturated carbocycles. The van der Waals surface area contributed by atoms with Gasteiger partial charge in [-0.05, 0) is 43.7 Å². The van der Waals surface area contributed by atoms with Crippen molar-refractivity contribution in [3.05, 3.63) is 70.0 Å². The van der Waals surface area contributed by atoms with Crippen LogP contribution in [-0.4, -0.2) is 26.1 Å². The van der Waals surface area contributed by atoms with Gasteiger partial charge in [0.2, 0.25) is 0 Å². The molecule has 3 rings (SSSR count). The van der Waals surface area contributed by atoms with E-state index >= 15 is 0 Å². The van der Waals surface area contributed by atoms with Gasteiger partial charge in [-0.25, -0.2) is 5.10 Å². The zero-order valence-electron chi connectivity index (χ0n) is 14.3. The smallest absolute Gasteiger partial charge is 0.264 e. The fourth-order valence-corrected chi connectivity index (χ4v) is 2.53. The number of aromatic nitrogens is 2. The molecule has 26 heavy (non-hydrogen) atoms. The van der Waals surface area contributed by atoms with Gasteiger partial charge in [-0.2, -0.15) is 10.2 Å². The minimum atomic E-state index is -0.230. The van der Waals surface area contributed by atoms with Crippen molar-refractivity contribution in [1.29, 1.82) is 0 Å². The third-order valence-electron chi connectivity index (χ3n) is 3.88. The maximum atomic E-state index is 11.3. The van der Waals surface area contributed by atoms with Gasteiger partial charge in [0, 0.05) is 23.3 Å². The summed E-state index contributed by atoms with van der Waals surface area (Å²) in [5, 5.41) is 30.0. The molecule has 0 radical (unpaired) electrons. The average Bonchev–Trinajstić information content (AvgIpc) is 2.60. The molecule has 0 amide bonds. The van der Waals surface area contributed by atoms with Crippen LogP contribution in [0, 0.1) is 6.92 Å². The lowest BCUT2D eigenvalue weighted by molar-refractivity contribution is 0.450. The van der Waals surface area contributed by atoms with E-state index < -0.39 is 0 Å². The first-order valence-corrected chi connectivity index (χ1v) is 7.93. The summed E-state index contributed by atoms with van der Waals surface area (Å²) in [5.41, 5.74) is 6.94. The monoisotopic (exact) mass is 350 g/mol. The van der Waals surface area contributed by atoms with Crippen LogP contribution in [0.1, 0.15) is 18.1 Å². The molecule has 0 unspecified atom stereocenters. The van der Waals surface area contributed by atoms with Crippen LogP contribution < -0.4 is 11.0 Å². The first kappa shape index (κ1) is 17.2. The fourth-order valence-electron chi connectivity index (χ4n) is 2.53. The van der Waals surface area contributed by atoms with Crippen LogP contribution in [0.25, 0.3) is 11.3 Å². The van der Waals surface area contributed by atoms with Crippen LogP contribution in [0.4, 0.5) is 5.69 Å². The van der Waals surface area contributed by atoms with Crippen molar-refractivity contribution in [3.63, 3.8) is 0 Å². The summed E-state index contributed by atoms with van der Waals surface area (Å²) in [6.07, 6.45) is 0. The summed E-state index contributed by atoms with van der Waals surface area (Å²) < 4.78 is 0. The van der Waals surface area contributed by atoms with Crippen LogP contribution in [0.15, 0.2) is 58.4 Å². The molecule has 0 spiro atoms. The van der Waals surface area contributed by atoms with Gasteiger partial charge in [0.05, 0.1) is 17.1 Å². The molecular formula is C19H18N4O3. The number of phenolic OH excluding ortho intramolecular Hbond substituents is 2. The molecule has 7 nitrogen and oxygen atoms in total. The van der Waals surface area contributed by atoms with E-state index in [9.17, 15) is 15.0 Å². The predicted octanol–water partition coefficient (Wildman–Crippen LogP) is 2.99. The van der Waals surface area contributed by atoms with E-state index in [1.165, 1.54) is 18.2 Å². The second-order valence-corrected chi connectivity index (χ2v) is 5.85. The Labute approximate surface area is 149 Å². The number of rotatable bonds is 4. The molecule has 132 valence electrons. The Morgan fingerprint density at radius 3 is 2.50 bits per heavy atom. The SMILES string of the molecule is C/C(=N/Nc1ccc(-c2n[nH]c(=O)cc2C)cc1)c1ccc(O)cc1O. The van der Waals surface area contributed by atoms with Gasteiger partial charge in [0.25, 0.3) is 5.56 Å².